The summed E-state index contributed by atoms with van der Waals surface area (Å²) in [5, 5.41) is 6.23. The fourth-order valence-corrected chi connectivity index (χ4v) is 2.12. The minimum Gasteiger partial charge on any atom is -0.494 e. The van der Waals surface area contributed by atoms with Crippen LogP contribution in [0.1, 0.15) is 25.7 Å². The number of ether oxygens (including phenoxy) is 1. The lowest BCUT2D eigenvalue weighted by Gasteiger charge is -2.12. The van der Waals surface area contributed by atoms with E-state index in [0.29, 0.717) is 25.7 Å². The fourth-order valence-electron chi connectivity index (χ4n) is 2.12. The number of para-hydroxylation sites is 1. The van der Waals surface area contributed by atoms with Gasteiger partial charge in [0.2, 0.25) is 0 Å². The van der Waals surface area contributed by atoms with Crippen LogP contribution in [0.15, 0.2) is 47.7 Å². The summed E-state index contributed by atoms with van der Waals surface area (Å²) < 4.78 is 32.0. The molecule has 0 amide bonds. The topological polar surface area (TPSA) is 63.5 Å². The third kappa shape index (κ3) is 7.54. The molecule has 0 saturated carbocycles. The number of imidazole rings is 1. The number of hydrogen-bond acceptors (Lipinski definition) is 3. The molecule has 26 heavy (non-hydrogen) atoms. The molecule has 0 saturated heterocycles. The standard InChI is InChI=1S/C17H23F2N5O.HI/c1-2-20-17(23-13-15-21-10-11-24(15)16(18)19)22-9-6-12-25-14-7-4-3-5-8-14;/h3-5,7-8,10-11,16H,2,6,9,12-13H2,1H3,(H2,20,22,23);1H. The van der Waals surface area contributed by atoms with Gasteiger partial charge in [-0.05, 0) is 25.5 Å². The highest BCUT2D eigenvalue weighted by molar-refractivity contribution is 14.0. The van der Waals surface area contributed by atoms with Gasteiger partial charge in [-0.3, -0.25) is 4.57 Å². The van der Waals surface area contributed by atoms with Crippen molar-refractivity contribution in [1.82, 2.24) is 20.2 Å². The molecule has 0 aliphatic carbocycles. The monoisotopic (exact) mass is 479 g/mol. The normalized spacial score (nSPS) is 11.2. The number of nitrogens with one attached hydrogen (secondary N) is 2. The fraction of sp³-hybridized carbons (Fsp3) is 0.412. The number of halogens is 3. The number of aliphatic imine (C=N–C) groups is 1. The number of hydrogen-bond donors (Lipinski definition) is 2. The van der Waals surface area contributed by atoms with E-state index in [0.717, 1.165) is 16.7 Å². The van der Waals surface area contributed by atoms with E-state index in [4.69, 9.17) is 4.74 Å². The van der Waals surface area contributed by atoms with Crippen LogP contribution in [0.5, 0.6) is 5.75 Å². The number of rotatable bonds is 9. The van der Waals surface area contributed by atoms with Crippen molar-refractivity contribution in [2.24, 2.45) is 4.99 Å². The Labute approximate surface area is 169 Å². The zero-order valence-electron chi connectivity index (χ0n) is 14.6. The quantitative estimate of drug-likeness (QED) is 0.251. The van der Waals surface area contributed by atoms with Crippen LogP contribution in [0.2, 0.25) is 0 Å². The van der Waals surface area contributed by atoms with Gasteiger partial charge in [-0.25, -0.2) is 9.98 Å². The number of nitrogens with zero attached hydrogens (tertiary/aromatic N) is 3. The van der Waals surface area contributed by atoms with Crippen LogP contribution in [-0.2, 0) is 6.54 Å². The van der Waals surface area contributed by atoms with Gasteiger partial charge in [0.25, 0.3) is 0 Å². The van der Waals surface area contributed by atoms with Crippen molar-refractivity contribution in [3.63, 3.8) is 0 Å². The van der Waals surface area contributed by atoms with E-state index in [9.17, 15) is 8.78 Å². The van der Waals surface area contributed by atoms with Crippen molar-refractivity contribution in [2.45, 2.75) is 26.4 Å². The maximum Gasteiger partial charge on any atom is 0.319 e. The number of benzene rings is 1. The summed E-state index contributed by atoms with van der Waals surface area (Å²) in [6, 6.07) is 9.60. The smallest absolute Gasteiger partial charge is 0.319 e. The summed E-state index contributed by atoms with van der Waals surface area (Å²) in [4.78, 5) is 8.20. The first kappa shape index (κ1) is 22.1. The van der Waals surface area contributed by atoms with Crippen molar-refractivity contribution < 1.29 is 13.5 Å². The molecule has 1 aromatic carbocycles. The Balaban J connectivity index is 0.00000338. The Bertz CT molecular complexity index is 652. The van der Waals surface area contributed by atoms with Crippen molar-refractivity contribution in [3.05, 3.63) is 48.5 Å². The van der Waals surface area contributed by atoms with Crippen LogP contribution in [-0.4, -0.2) is 35.2 Å². The van der Waals surface area contributed by atoms with Gasteiger partial charge in [-0.2, -0.15) is 8.78 Å². The van der Waals surface area contributed by atoms with Gasteiger partial charge in [0.15, 0.2) is 5.96 Å². The molecule has 1 aromatic heterocycles. The highest BCUT2D eigenvalue weighted by atomic mass is 127. The third-order valence-corrected chi connectivity index (χ3v) is 3.31. The van der Waals surface area contributed by atoms with E-state index in [1.807, 2.05) is 37.3 Å². The summed E-state index contributed by atoms with van der Waals surface area (Å²) in [6.45, 7) is 1.31. The molecule has 0 unspecified atom stereocenters. The van der Waals surface area contributed by atoms with Crippen LogP contribution in [0.3, 0.4) is 0 Å². The molecule has 2 N–H and O–H groups in total. The lowest BCUT2D eigenvalue weighted by molar-refractivity contribution is 0.0671. The largest absolute Gasteiger partial charge is 0.494 e. The molecular weight excluding hydrogens is 455 g/mol. The molecule has 0 bridgehead atoms. The SMILES string of the molecule is CCNC(=NCc1nccn1C(F)F)NCCCOc1ccccc1.I. The Morgan fingerprint density at radius 2 is 2.04 bits per heavy atom. The Morgan fingerprint density at radius 3 is 2.73 bits per heavy atom. The van der Waals surface area contributed by atoms with Crippen molar-refractivity contribution in [1.29, 1.82) is 0 Å². The van der Waals surface area contributed by atoms with E-state index in [2.05, 4.69) is 20.6 Å². The highest BCUT2D eigenvalue weighted by Gasteiger charge is 2.10. The predicted octanol–water partition coefficient (Wildman–Crippen LogP) is 3.42. The summed E-state index contributed by atoms with van der Waals surface area (Å²) in [6.07, 6.45) is 3.38. The molecule has 6 nitrogen and oxygen atoms in total. The Hall–Kier alpha value is -1.91. The van der Waals surface area contributed by atoms with E-state index in [1.54, 1.807) is 0 Å². The second kappa shape index (κ2) is 12.4. The zero-order chi connectivity index (χ0) is 17.9. The van der Waals surface area contributed by atoms with Gasteiger partial charge < -0.3 is 15.4 Å². The zero-order valence-corrected chi connectivity index (χ0v) is 16.9. The molecule has 0 atom stereocenters. The number of alkyl halides is 2. The van der Waals surface area contributed by atoms with E-state index in [1.165, 1.54) is 12.4 Å². The molecule has 2 aromatic rings. The second-order valence-corrected chi connectivity index (χ2v) is 5.17. The van der Waals surface area contributed by atoms with Gasteiger partial charge in [0.05, 0.1) is 6.61 Å². The van der Waals surface area contributed by atoms with Crippen LogP contribution in [0.25, 0.3) is 0 Å². The second-order valence-electron chi connectivity index (χ2n) is 5.17. The average molecular weight is 479 g/mol. The first-order valence-electron chi connectivity index (χ1n) is 8.20. The van der Waals surface area contributed by atoms with E-state index >= 15 is 0 Å². The molecule has 0 aliphatic rings. The maximum absolute atomic E-state index is 12.8. The third-order valence-electron chi connectivity index (χ3n) is 3.31. The van der Waals surface area contributed by atoms with E-state index in [-0.39, 0.29) is 36.3 Å². The number of aromatic nitrogens is 2. The van der Waals surface area contributed by atoms with Gasteiger partial charge >= 0.3 is 6.55 Å². The lowest BCUT2D eigenvalue weighted by Crippen LogP contribution is -2.38. The molecule has 9 heteroatoms. The van der Waals surface area contributed by atoms with Gasteiger partial charge in [0.1, 0.15) is 18.1 Å². The Morgan fingerprint density at radius 1 is 1.27 bits per heavy atom. The van der Waals surface area contributed by atoms with Gasteiger partial charge in [0, 0.05) is 25.5 Å². The van der Waals surface area contributed by atoms with Crippen LogP contribution >= 0.6 is 24.0 Å². The summed E-state index contributed by atoms with van der Waals surface area (Å²) in [5.74, 6) is 1.62. The van der Waals surface area contributed by atoms with Crippen molar-refractivity contribution >= 4 is 29.9 Å². The molecule has 0 fully saturated rings. The molecule has 144 valence electrons. The first-order valence-corrected chi connectivity index (χ1v) is 8.20. The Kier molecular flexibility index (Phi) is 10.6. The maximum atomic E-state index is 12.8. The molecule has 0 radical (unpaired) electrons. The minimum absolute atomic E-state index is 0. The number of guanidine groups is 1. The predicted molar refractivity (Wildman–Crippen MR) is 108 cm³/mol. The molecule has 2 rings (SSSR count). The van der Waals surface area contributed by atoms with Crippen molar-refractivity contribution in [2.75, 3.05) is 19.7 Å². The van der Waals surface area contributed by atoms with Crippen LogP contribution in [0.4, 0.5) is 8.78 Å². The van der Waals surface area contributed by atoms with Gasteiger partial charge in [-0.1, -0.05) is 18.2 Å². The molecule has 0 aliphatic heterocycles. The summed E-state index contributed by atoms with van der Waals surface area (Å²) >= 11 is 0. The highest BCUT2D eigenvalue weighted by Crippen LogP contribution is 2.12. The molecule has 1 heterocycles. The average Bonchev–Trinajstić information content (AvgIpc) is 3.09. The summed E-state index contributed by atoms with van der Waals surface area (Å²) in [5.41, 5.74) is 0. The van der Waals surface area contributed by atoms with Crippen LogP contribution in [0, 0.1) is 0 Å². The molecule has 0 spiro atoms. The summed E-state index contributed by atoms with van der Waals surface area (Å²) in [7, 11) is 0. The molecular formula is C17H24F2IN5O. The first-order chi connectivity index (χ1) is 12.2. The van der Waals surface area contributed by atoms with Crippen LogP contribution < -0.4 is 15.4 Å². The lowest BCUT2D eigenvalue weighted by atomic mass is 10.3. The van der Waals surface area contributed by atoms with Crippen molar-refractivity contribution in [3.8, 4) is 5.75 Å². The minimum atomic E-state index is -2.61. The van der Waals surface area contributed by atoms with Gasteiger partial charge in [-0.15, -0.1) is 24.0 Å². The van der Waals surface area contributed by atoms with E-state index < -0.39 is 6.55 Å².